The predicted molar refractivity (Wildman–Crippen MR) is 78.7 cm³/mol. The lowest BCUT2D eigenvalue weighted by Crippen LogP contribution is -2.18. The van der Waals surface area contributed by atoms with E-state index >= 15 is 0 Å². The molecule has 2 aromatic rings. The van der Waals surface area contributed by atoms with Crippen molar-refractivity contribution < 1.29 is 14.6 Å². The van der Waals surface area contributed by atoms with Gasteiger partial charge in [0.05, 0.1) is 17.7 Å². The van der Waals surface area contributed by atoms with Gasteiger partial charge in [0.2, 0.25) is 0 Å². The zero-order valence-electron chi connectivity index (χ0n) is 11.1. The van der Waals surface area contributed by atoms with E-state index in [9.17, 15) is 9.90 Å². The summed E-state index contributed by atoms with van der Waals surface area (Å²) in [5, 5.41) is 15.6. The van der Waals surface area contributed by atoms with Gasteiger partial charge in [0.15, 0.2) is 0 Å². The van der Waals surface area contributed by atoms with Crippen LogP contribution in [-0.4, -0.2) is 23.8 Å². The molecule has 1 aromatic carbocycles. The van der Waals surface area contributed by atoms with Crippen LogP contribution in [0.15, 0.2) is 40.8 Å². The molecule has 0 aliphatic carbocycles. The number of phenolic OH excluding ortho intramolecular Hbond substituents is 1. The molecule has 0 spiro atoms. The molecule has 0 radical (unpaired) electrons. The van der Waals surface area contributed by atoms with Crippen molar-refractivity contribution in [2.75, 3.05) is 7.11 Å². The molecule has 0 unspecified atom stereocenters. The van der Waals surface area contributed by atoms with Gasteiger partial charge in [-0.05, 0) is 36.6 Å². The van der Waals surface area contributed by atoms with Crippen LogP contribution in [0.25, 0.3) is 0 Å². The van der Waals surface area contributed by atoms with Crippen molar-refractivity contribution in [1.82, 2.24) is 5.43 Å². The first kappa shape index (κ1) is 14.1. The maximum absolute atomic E-state index is 11.8. The second-order valence-electron chi connectivity index (χ2n) is 4.00. The Morgan fingerprint density at radius 1 is 1.40 bits per heavy atom. The van der Waals surface area contributed by atoms with Gasteiger partial charge >= 0.3 is 0 Å². The monoisotopic (exact) mass is 290 g/mol. The molecule has 1 heterocycles. The molecule has 2 rings (SSSR count). The number of nitrogens with one attached hydrogen (secondary N) is 1. The fourth-order valence-corrected chi connectivity index (χ4v) is 2.20. The van der Waals surface area contributed by atoms with Crippen molar-refractivity contribution in [2.24, 2.45) is 5.10 Å². The average Bonchev–Trinajstić information content (AvgIpc) is 2.99. The number of nitrogens with zero attached hydrogens (tertiary/aromatic N) is 1. The number of benzene rings is 1. The second-order valence-corrected chi connectivity index (χ2v) is 4.95. The van der Waals surface area contributed by atoms with Crippen LogP contribution in [0, 0.1) is 0 Å². The first-order chi connectivity index (χ1) is 9.61. The number of rotatable bonds is 4. The number of carbonyl (C=O) groups excluding carboxylic acids is 1. The third-order valence-electron chi connectivity index (χ3n) is 2.66. The Bertz CT molecular complexity index is 636. The van der Waals surface area contributed by atoms with Gasteiger partial charge in [-0.15, -0.1) is 11.3 Å². The summed E-state index contributed by atoms with van der Waals surface area (Å²) in [4.78, 5) is 12.3. The molecule has 6 heteroatoms. The lowest BCUT2D eigenvalue weighted by molar-refractivity contribution is 0.0959. The molecule has 5 nitrogen and oxygen atoms in total. The summed E-state index contributed by atoms with van der Waals surface area (Å²) in [7, 11) is 1.54. The molecule has 0 fully saturated rings. The quantitative estimate of drug-likeness (QED) is 0.671. The van der Waals surface area contributed by atoms with E-state index in [2.05, 4.69) is 10.5 Å². The topological polar surface area (TPSA) is 70.9 Å². The Morgan fingerprint density at radius 2 is 2.20 bits per heavy atom. The summed E-state index contributed by atoms with van der Waals surface area (Å²) in [5.41, 5.74) is 3.46. The van der Waals surface area contributed by atoms with E-state index in [1.807, 2.05) is 5.38 Å². The zero-order valence-corrected chi connectivity index (χ0v) is 11.9. The number of aromatic hydroxyl groups is 1. The molecule has 1 aromatic heterocycles. The van der Waals surface area contributed by atoms with E-state index < -0.39 is 0 Å². The van der Waals surface area contributed by atoms with E-state index in [4.69, 9.17) is 4.74 Å². The molecule has 0 aliphatic heterocycles. The van der Waals surface area contributed by atoms with Crippen LogP contribution in [0.1, 0.15) is 22.2 Å². The fraction of sp³-hybridized carbons (Fsp3) is 0.143. The van der Waals surface area contributed by atoms with Gasteiger partial charge in [-0.1, -0.05) is 6.07 Å². The smallest absolute Gasteiger partial charge is 0.281 e. The van der Waals surface area contributed by atoms with E-state index in [1.54, 1.807) is 38.3 Å². The summed E-state index contributed by atoms with van der Waals surface area (Å²) in [5.74, 6) is 0.413. The summed E-state index contributed by atoms with van der Waals surface area (Å²) < 4.78 is 5.09. The zero-order chi connectivity index (χ0) is 14.5. The molecule has 0 aliphatic rings. The SMILES string of the molecule is COc1ccc(O)c(/C(C)=N/NC(=O)c2cccs2)c1. The Balaban J connectivity index is 2.16. The Morgan fingerprint density at radius 3 is 2.85 bits per heavy atom. The molecule has 0 saturated carbocycles. The van der Waals surface area contributed by atoms with Gasteiger partial charge in [0.1, 0.15) is 11.5 Å². The van der Waals surface area contributed by atoms with Gasteiger partial charge in [0.25, 0.3) is 5.91 Å². The maximum atomic E-state index is 11.8. The highest BCUT2D eigenvalue weighted by molar-refractivity contribution is 7.12. The van der Waals surface area contributed by atoms with E-state index in [0.29, 0.717) is 21.9 Å². The van der Waals surface area contributed by atoms with Crippen LogP contribution >= 0.6 is 11.3 Å². The van der Waals surface area contributed by atoms with Crippen molar-refractivity contribution in [2.45, 2.75) is 6.92 Å². The lowest BCUT2D eigenvalue weighted by atomic mass is 10.1. The number of hydrazone groups is 1. The average molecular weight is 290 g/mol. The number of phenols is 1. The summed E-state index contributed by atoms with van der Waals surface area (Å²) in [6, 6.07) is 8.34. The normalized spacial score (nSPS) is 11.2. The largest absolute Gasteiger partial charge is 0.507 e. The number of ether oxygens (including phenoxy) is 1. The minimum absolute atomic E-state index is 0.0809. The van der Waals surface area contributed by atoms with Crippen molar-refractivity contribution >= 4 is 23.0 Å². The molecule has 20 heavy (non-hydrogen) atoms. The molecular weight excluding hydrogens is 276 g/mol. The number of thiophene rings is 1. The van der Waals surface area contributed by atoms with Crippen molar-refractivity contribution in [3.8, 4) is 11.5 Å². The first-order valence-electron chi connectivity index (χ1n) is 5.87. The highest BCUT2D eigenvalue weighted by atomic mass is 32.1. The van der Waals surface area contributed by atoms with Gasteiger partial charge in [-0.3, -0.25) is 4.79 Å². The number of carbonyl (C=O) groups is 1. The van der Waals surface area contributed by atoms with E-state index in [0.717, 1.165) is 0 Å². The Kier molecular flexibility index (Phi) is 4.37. The van der Waals surface area contributed by atoms with Crippen molar-refractivity contribution in [3.05, 3.63) is 46.2 Å². The molecule has 0 atom stereocenters. The van der Waals surface area contributed by atoms with Crippen LogP contribution in [0.3, 0.4) is 0 Å². The fourth-order valence-electron chi connectivity index (χ4n) is 1.59. The molecule has 0 saturated heterocycles. The van der Waals surface area contributed by atoms with Crippen LogP contribution in [-0.2, 0) is 0 Å². The minimum Gasteiger partial charge on any atom is -0.507 e. The highest BCUT2D eigenvalue weighted by Crippen LogP contribution is 2.23. The van der Waals surface area contributed by atoms with E-state index in [-0.39, 0.29) is 11.7 Å². The lowest BCUT2D eigenvalue weighted by Gasteiger charge is -2.07. The molecular formula is C14H14N2O3S. The summed E-state index contributed by atoms with van der Waals surface area (Å²) >= 11 is 1.34. The highest BCUT2D eigenvalue weighted by Gasteiger charge is 2.09. The van der Waals surface area contributed by atoms with Gasteiger partial charge < -0.3 is 9.84 Å². The molecule has 2 N–H and O–H groups in total. The Labute approximate surface area is 120 Å². The number of methoxy groups -OCH3 is 1. The molecule has 0 bridgehead atoms. The third kappa shape index (κ3) is 3.16. The maximum Gasteiger partial charge on any atom is 0.281 e. The first-order valence-corrected chi connectivity index (χ1v) is 6.75. The third-order valence-corrected chi connectivity index (χ3v) is 3.53. The van der Waals surface area contributed by atoms with Crippen LogP contribution in [0.5, 0.6) is 11.5 Å². The van der Waals surface area contributed by atoms with Crippen molar-refractivity contribution in [3.63, 3.8) is 0 Å². The second kappa shape index (κ2) is 6.21. The summed E-state index contributed by atoms with van der Waals surface area (Å²) in [6.45, 7) is 1.70. The van der Waals surface area contributed by atoms with Crippen LogP contribution in [0.2, 0.25) is 0 Å². The molecule has 104 valence electrons. The summed E-state index contributed by atoms with van der Waals surface area (Å²) in [6.07, 6.45) is 0. The van der Waals surface area contributed by atoms with Crippen LogP contribution in [0.4, 0.5) is 0 Å². The number of amides is 1. The van der Waals surface area contributed by atoms with Crippen molar-refractivity contribution in [1.29, 1.82) is 0 Å². The van der Waals surface area contributed by atoms with Crippen LogP contribution < -0.4 is 10.2 Å². The molecule has 1 amide bonds. The number of hydrogen-bond acceptors (Lipinski definition) is 5. The Hall–Kier alpha value is -2.34. The predicted octanol–water partition coefficient (Wildman–Crippen LogP) is 2.62. The van der Waals surface area contributed by atoms with Gasteiger partial charge in [-0.25, -0.2) is 5.43 Å². The van der Waals surface area contributed by atoms with E-state index in [1.165, 1.54) is 17.4 Å². The minimum atomic E-state index is -0.276. The van der Waals surface area contributed by atoms with Gasteiger partial charge in [-0.2, -0.15) is 5.10 Å². The standard InChI is InChI=1S/C14H14N2O3S/c1-9(11-8-10(19-2)5-6-12(11)17)15-16-14(18)13-4-3-7-20-13/h3-8,17H,1-2H3,(H,16,18)/b15-9+. The van der Waals surface area contributed by atoms with Gasteiger partial charge in [0, 0.05) is 5.56 Å². The number of hydrogen-bond donors (Lipinski definition) is 2.